The molecule has 0 saturated carbocycles. The number of carbonyl (C=O) groups is 1. The maximum atomic E-state index is 12.3. The summed E-state index contributed by atoms with van der Waals surface area (Å²) < 4.78 is 2.22. The van der Waals surface area contributed by atoms with Crippen LogP contribution >= 0.6 is 34.8 Å². The smallest absolute Gasteiger partial charge is 0.337 e. The molecule has 2 aromatic heterocycles. The van der Waals surface area contributed by atoms with Crippen LogP contribution in [0.4, 0.5) is 5.69 Å². The fraction of sp³-hybridized carbons (Fsp3) is 0.353. The molecule has 0 aromatic carbocycles. The van der Waals surface area contributed by atoms with Gasteiger partial charge in [-0.25, -0.2) is 5.43 Å². The number of amides is 1. The summed E-state index contributed by atoms with van der Waals surface area (Å²) in [6.45, 7) is 9.30. The normalized spacial score (nSPS) is 11.5. The standard InChI is InChI=1S/C17H20Cl3N5O/c1-8(2)7-25-9(3)5-11(10(25)4)6-22-24-17(26)15-12(18)14(21)13(19)16(20)23-15/h5-6,8H,7H2,1-4H3,(H2,21,23)(H,24,26)/p+1/b22-6+. The third kappa shape index (κ3) is 4.31. The second kappa shape index (κ2) is 8.29. The summed E-state index contributed by atoms with van der Waals surface area (Å²) in [5, 5.41) is 4.08. The van der Waals surface area contributed by atoms with Crippen LogP contribution in [0.15, 0.2) is 11.2 Å². The van der Waals surface area contributed by atoms with Gasteiger partial charge in [-0.2, -0.15) is 10.1 Å². The van der Waals surface area contributed by atoms with E-state index in [-0.39, 0.29) is 26.6 Å². The van der Waals surface area contributed by atoms with Gasteiger partial charge in [0, 0.05) is 23.5 Å². The molecule has 9 heteroatoms. The fourth-order valence-corrected chi connectivity index (χ4v) is 3.16. The van der Waals surface area contributed by atoms with Gasteiger partial charge in [-0.3, -0.25) is 4.79 Å². The molecule has 0 saturated heterocycles. The van der Waals surface area contributed by atoms with E-state index in [0.717, 1.165) is 23.5 Å². The van der Waals surface area contributed by atoms with Gasteiger partial charge in [-0.05, 0) is 37.4 Å². The van der Waals surface area contributed by atoms with Gasteiger partial charge in [-0.15, -0.1) is 0 Å². The van der Waals surface area contributed by atoms with Gasteiger partial charge in [0.05, 0.1) is 11.9 Å². The average Bonchev–Trinajstić information content (AvgIpc) is 2.83. The second-order valence-electron chi connectivity index (χ2n) is 6.39. The van der Waals surface area contributed by atoms with E-state index >= 15 is 0 Å². The molecule has 0 aliphatic carbocycles. The van der Waals surface area contributed by atoms with Crippen LogP contribution in [0, 0.1) is 19.8 Å². The van der Waals surface area contributed by atoms with E-state index in [2.05, 4.69) is 33.9 Å². The van der Waals surface area contributed by atoms with Gasteiger partial charge in [0.25, 0.3) is 10.8 Å². The van der Waals surface area contributed by atoms with Crippen LogP contribution in [0.25, 0.3) is 0 Å². The van der Waals surface area contributed by atoms with Gasteiger partial charge in [0.2, 0.25) is 0 Å². The number of aryl methyl sites for hydroxylation is 1. The second-order valence-corrected chi connectivity index (χ2v) is 7.52. The number of aromatic amines is 1. The molecule has 26 heavy (non-hydrogen) atoms. The minimum atomic E-state index is -0.576. The molecule has 0 aliphatic heterocycles. The molecule has 6 nitrogen and oxygen atoms in total. The Morgan fingerprint density at radius 3 is 2.62 bits per heavy atom. The number of hydrogen-bond donors (Lipinski definition) is 2. The maximum absolute atomic E-state index is 12.3. The molecule has 2 rings (SSSR count). The molecule has 0 atom stereocenters. The van der Waals surface area contributed by atoms with Crippen molar-refractivity contribution in [2.75, 3.05) is 5.73 Å². The fourth-order valence-electron chi connectivity index (χ4n) is 2.55. The van der Waals surface area contributed by atoms with E-state index < -0.39 is 5.91 Å². The van der Waals surface area contributed by atoms with Crippen LogP contribution in [0.3, 0.4) is 0 Å². The molecular formula is C17H21Cl3N5O+. The quantitative estimate of drug-likeness (QED) is 0.439. The highest BCUT2D eigenvalue weighted by Crippen LogP contribution is 2.31. The number of aromatic nitrogens is 2. The molecule has 0 unspecified atom stereocenters. The lowest BCUT2D eigenvalue weighted by molar-refractivity contribution is -0.379. The number of halogens is 3. The van der Waals surface area contributed by atoms with Gasteiger partial charge in [0.1, 0.15) is 10.0 Å². The number of pyridine rings is 1. The summed E-state index contributed by atoms with van der Waals surface area (Å²) in [7, 11) is 0. The summed E-state index contributed by atoms with van der Waals surface area (Å²) in [5.41, 5.74) is 11.3. The first kappa shape index (κ1) is 20.6. The number of anilines is 1. The largest absolute Gasteiger partial charge is 0.396 e. The predicted molar refractivity (Wildman–Crippen MR) is 106 cm³/mol. The first-order valence-corrected chi connectivity index (χ1v) is 9.12. The minimum Gasteiger partial charge on any atom is -0.396 e. The Labute approximate surface area is 167 Å². The first-order chi connectivity index (χ1) is 12.1. The number of nitrogens with zero attached hydrogens (tertiary/aromatic N) is 2. The number of nitrogen functional groups attached to an aromatic ring is 1. The predicted octanol–water partition coefficient (Wildman–Crippen LogP) is 3.88. The molecule has 140 valence electrons. The van der Waals surface area contributed by atoms with Crippen LogP contribution in [-0.2, 0) is 6.54 Å². The topological polar surface area (TPSA) is 86.6 Å². The Balaban J connectivity index is 2.18. The minimum absolute atomic E-state index is 0.0118. The summed E-state index contributed by atoms with van der Waals surface area (Å²) >= 11 is 17.8. The lowest BCUT2D eigenvalue weighted by atomic mass is 10.2. The van der Waals surface area contributed by atoms with Crippen molar-refractivity contribution in [2.24, 2.45) is 11.0 Å². The zero-order valence-corrected chi connectivity index (χ0v) is 17.2. The third-order valence-electron chi connectivity index (χ3n) is 3.88. The number of nitrogens with two attached hydrogens (primary N) is 1. The van der Waals surface area contributed by atoms with Crippen LogP contribution < -0.4 is 16.1 Å². The molecular weight excluding hydrogens is 397 g/mol. The Morgan fingerprint density at radius 1 is 1.35 bits per heavy atom. The van der Waals surface area contributed by atoms with E-state index in [1.165, 1.54) is 0 Å². The SMILES string of the molecule is Cc1cc(/C=N/NC(=O)c2[nH+]c(Cl)c(Cl)c(N)c2Cl)c(C)n1CC(C)C. The zero-order chi connectivity index (χ0) is 19.6. The molecule has 0 aliphatic rings. The van der Waals surface area contributed by atoms with E-state index in [9.17, 15) is 4.79 Å². The van der Waals surface area contributed by atoms with Crippen LogP contribution in [0.2, 0.25) is 15.2 Å². The van der Waals surface area contributed by atoms with E-state index in [4.69, 9.17) is 40.5 Å². The number of nitrogens with one attached hydrogen (secondary N) is 2. The zero-order valence-electron chi connectivity index (χ0n) is 15.0. The molecule has 1 amide bonds. The van der Waals surface area contributed by atoms with Gasteiger partial charge in [-0.1, -0.05) is 37.0 Å². The van der Waals surface area contributed by atoms with Crippen molar-refractivity contribution in [3.05, 3.63) is 43.9 Å². The molecule has 2 aromatic rings. The number of H-pyrrole nitrogens is 1. The number of hydrazone groups is 1. The highest BCUT2D eigenvalue weighted by molar-refractivity contribution is 6.45. The van der Waals surface area contributed by atoms with Crippen molar-refractivity contribution in [2.45, 2.75) is 34.2 Å². The third-order valence-corrected chi connectivity index (χ3v) is 5.04. The van der Waals surface area contributed by atoms with Crippen molar-refractivity contribution in [1.29, 1.82) is 0 Å². The lowest BCUT2D eigenvalue weighted by Crippen LogP contribution is -2.28. The van der Waals surface area contributed by atoms with Crippen molar-refractivity contribution in [3.63, 3.8) is 0 Å². The molecule has 0 bridgehead atoms. The Hall–Kier alpha value is -1.76. The van der Waals surface area contributed by atoms with Crippen molar-refractivity contribution >= 4 is 52.6 Å². The number of hydrogen-bond acceptors (Lipinski definition) is 3. The maximum Gasteiger partial charge on any atom is 0.337 e. The first-order valence-electron chi connectivity index (χ1n) is 7.98. The molecule has 2 heterocycles. The average molecular weight is 418 g/mol. The number of carbonyl (C=O) groups excluding carboxylic acids is 1. The van der Waals surface area contributed by atoms with Gasteiger partial charge < -0.3 is 10.3 Å². The van der Waals surface area contributed by atoms with Crippen LogP contribution in [-0.4, -0.2) is 16.7 Å². The van der Waals surface area contributed by atoms with Gasteiger partial charge >= 0.3 is 5.91 Å². The molecule has 0 radical (unpaired) electrons. The summed E-state index contributed by atoms with van der Waals surface area (Å²) in [4.78, 5) is 14.9. The van der Waals surface area contributed by atoms with Crippen molar-refractivity contribution < 1.29 is 9.78 Å². The van der Waals surface area contributed by atoms with E-state index in [1.807, 2.05) is 19.9 Å². The molecule has 0 spiro atoms. The highest BCUT2D eigenvalue weighted by Gasteiger charge is 2.25. The van der Waals surface area contributed by atoms with E-state index in [1.54, 1.807) is 6.21 Å². The van der Waals surface area contributed by atoms with Gasteiger partial charge in [0.15, 0.2) is 0 Å². The van der Waals surface area contributed by atoms with Crippen LogP contribution in [0.1, 0.15) is 41.3 Å². The van der Waals surface area contributed by atoms with Crippen LogP contribution in [0.5, 0.6) is 0 Å². The summed E-state index contributed by atoms with van der Waals surface area (Å²) in [6.07, 6.45) is 1.59. The van der Waals surface area contributed by atoms with E-state index in [0.29, 0.717) is 5.92 Å². The highest BCUT2D eigenvalue weighted by atomic mass is 35.5. The monoisotopic (exact) mass is 416 g/mol. The lowest BCUT2D eigenvalue weighted by Gasteiger charge is -2.11. The Morgan fingerprint density at radius 2 is 2.00 bits per heavy atom. The molecule has 0 fully saturated rings. The number of rotatable bonds is 5. The Kier molecular flexibility index (Phi) is 6.55. The summed E-state index contributed by atoms with van der Waals surface area (Å²) in [6, 6.07) is 2.02. The molecule has 4 N–H and O–H groups in total. The van der Waals surface area contributed by atoms with Crippen molar-refractivity contribution in [3.8, 4) is 0 Å². The summed E-state index contributed by atoms with van der Waals surface area (Å²) in [5.74, 6) is -0.0467. The Bertz CT molecular complexity index is 874. The van der Waals surface area contributed by atoms with Crippen molar-refractivity contribution in [1.82, 2.24) is 9.99 Å².